The number of carbonyl (C=O) groups excluding carboxylic acids is 4. The molecule has 24 heavy (non-hydrogen) atoms. The molecule has 8 nitrogen and oxygen atoms in total. The van der Waals surface area contributed by atoms with Gasteiger partial charge in [-0.2, -0.15) is 0 Å². The number of carbonyl (C=O) groups is 4. The third kappa shape index (κ3) is 2.46. The first-order valence-corrected chi connectivity index (χ1v) is 7.34. The highest BCUT2D eigenvalue weighted by molar-refractivity contribution is 6.25. The molecule has 0 saturated carbocycles. The van der Waals surface area contributed by atoms with E-state index in [0.29, 0.717) is 18.5 Å². The molecule has 2 aliphatic heterocycles. The second kappa shape index (κ2) is 5.89. The molecule has 1 unspecified atom stereocenters. The van der Waals surface area contributed by atoms with Crippen LogP contribution in [0.5, 0.6) is 0 Å². The summed E-state index contributed by atoms with van der Waals surface area (Å²) >= 11 is 0. The summed E-state index contributed by atoms with van der Waals surface area (Å²) in [6.07, 6.45) is 0.770. The van der Waals surface area contributed by atoms with Crippen molar-refractivity contribution in [1.82, 2.24) is 10.2 Å². The quantitative estimate of drug-likeness (QED) is 0.675. The zero-order valence-corrected chi connectivity index (χ0v) is 12.7. The summed E-state index contributed by atoms with van der Waals surface area (Å²) in [6, 6.07) is 3.53. The largest absolute Gasteiger partial charge is 0.387 e. The molecule has 0 spiro atoms. The molecule has 8 heteroatoms. The topological polar surface area (TPSA) is 116 Å². The molecule has 1 saturated heterocycles. The molecule has 124 valence electrons. The number of anilines is 1. The van der Waals surface area contributed by atoms with Crippen LogP contribution in [0.1, 0.15) is 33.6 Å². The third-order valence-electron chi connectivity index (χ3n) is 4.00. The SMILES string of the molecule is C=C1CCC(N2C(=O)c3cccc(NC(=O)CO)c3C2=O)C(=O)N1. The zero-order chi connectivity index (χ0) is 17.4. The Morgan fingerprint density at radius 2 is 2.08 bits per heavy atom. The van der Waals surface area contributed by atoms with Gasteiger partial charge in [0, 0.05) is 5.70 Å². The highest BCUT2D eigenvalue weighted by Gasteiger charge is 2.45. The molecule has 3 rings (SSSR count). The van der Waals surface area contributed by atoms with Crippen molar-refractivity contribution in [3.8, 4) is 0 Å². The Balaban J connectivity index is 1.97. The van der Waals surface area contributed by atoms with Crippen molar-refractivity contribution in [2.24, 2.45) is 0 Å². The fourth-order valence-electron chi connectivity index (χ4n) is 2.89. The van der Waals surface area contributed by atoms with Crippen LogP contribution in [0.2, 0.25) is 0 Å². The van der Waals surface area contributed by atoms with Crippen molar-refractivity contribution < 1.29 is 24.3 Å². The molecule has 1 aromatic carbocycles. The van der Waals surface area contributed by atoms with Crippen LogP contribution in [0.3, 0.4) is 0 Å². The Morgan fingerprint density at radius 1 is 1.33 bits per heavy atom. The van der Waals surface area contributed by atoms with Gasteiger partial charge in [-0.1, -0.05) is 12.6 Å². The van der Waals surface area contributed by atoms with Gasteiger partial charge in [0.1, 0.15) is 12.6 Å². The lowest BCUT2D eigenvalue weighted by atomic mass is 10.0. The minimum atomic E-state index is -0.913. The van der Waals surface area contributed by atoms with Crippen molar-refractivity contribution >= 4 is 29.3 Å². The Bertz CT molecular complexity index is 786. The standard InChI is InChI=1S/C16H15N3O5/c1-8-5-6-11(14(22)17-8)19-15(23)9-3-2-4-10(13(9)16(19)24)18-12(21)7-20/h2-4,11,20H,1,5-7H2,(H,17,22)(H,18,21). The van der Waals surface area contributed by atoms with Crippen molar-refractivity contribution in [1.29, 1.82) is 0 Å². The number of benzene rings is 1. The lowest BCUT2D eigenvalue weighted by Gasteiger charge is -2.29. The molecule has 3 N–H and O–H groups in total. The molecule has 2 aliphatic rings. The van der Waals surface area contributed by atoms with Crippen LogP contribution in [0.4, 0.5) is 5.69 Å². The van der Waals surface area contributed by atoms with Crippen LogP contribution < -0.4 is 10.6 Å². The van der Waals surface area contributed by atoms with E-state index in [4.69, 9.17) is 5.11 Å². The van der Waals surface area contributed by atoms with E-state index < -0.39 is 36.3 Å². The number of aliphatic hydroxyl groups excluding tert-OH is 1. The molecule has 0 bridgehead atoms. The van der Waals surface area contributed by atoms with Crippen LogP contribution in [0.15, 0.2) is 30.5 Å². The first kappa shape index (κ1) is 15.9. The minimum Gasteiger partial charge on any atom is -0.387 e. The van der Waals surface area contributed by atoms with Gasteiger partial charge in [0.25, 0.3) is 11.8 Å². The maximum Gasteiger partial charge on any atom is 0.264 e. The van der Waals surface area contributed by atoms with E-state index in [2.05, 4.69) is 17.2 Å². The lowest BCUT2D eigenvalue weighted by Crippen LogP contribution is -2.51. The van der Waals surface area contributed by atoms with E-state index in [1.165, 1.54) is 18.2 Å². The number of imide groups is 1. The monoisotopic (exact) mass is 329 g/mol. The van der Waals surface area contributed by atoms with Gasteiger partial charge in [-0.25, -0.2) is 0 Å². The third-order valence-corrected chi connectivity index (χ3v) is 4.00. The van der Waals surface area contributed by atoms with E-state index >= 15 is 0 Å². The molecule has 1 aromatic rings. The number of amides is 4. The van der Waals surface area contributed by atoms with Crippen molar-refractivity contribution in [3.05, 3.63) is 41.6 Å². The molecule has 0 aliphatic carbocycles. The second-order valence-corrected chi connectivity index (χ2v) is 5.56. The van der Waals surface area contributed by atoms with Crippen LogP contribution in [0, 0.1) is 0 Å². The molecule has 1 atom stereocenters. The summed E-state index contributed by atoms with van der Waals surface area (Å²) in [4.78, 5) is 49.7. The van der Waals surface area contributed by atoms with E-state index in [1.54, 1.807) is 0 Å². The number of hydrogen-bond donors (Lipinski definition) is 3. The molecule has 0 radical (unpaired) electrons. The zero-order valence-electron chi connectivity index (χ0n) is 12.7. The summed E-state index contributed by atoms with van der Waals surface area (Å²) in [6.45, 7) is 2.92. The van der Waals surface area contributed by atoms with E-state index in [-0.39, 0.29) is 16.8 Å². The maximum absolute atomic E-state index is 12.7. The van der Waals surface area contributed by atoms with Crippen molar-refractivity contribution in [2.75, 3.05) is 11.9 Å². The van der Waals surface area contributed by atoms with Gasteiger partial charge in [0.15, 0.2) is 0 Å². The lowest BCUT2D eigenvalue weighted by molar-refractivity contribution is -0.125. The number of nitrogens with zero attached hydrogens (tertiary/aromatic N) is 1. The van der Waals surface area contributed by atoms with Crippen molar-refractivity contribution in [3.63, 3.8) is 0 Å². The first-order valence-electron chi connectivity index (χ1n) is 7.34. The molecule has 0 aromatic heterocycles. The smallest absolute Gasteiger partial charge is 0.264 e. The molecule has 4 amide bonds. The number of hydrogen-bond acceptors (Lipinski definition) is 5. The average molecular weight is 329 g/mol. The van der Waals surface area contributed by atoms with Gasteiger partial charge in [0.2, 0.25) is 11.8 Å². The maximum atomic E-state index is 12.7. The Kier molecular flexibility index (Phi) is 3.90. The van der Waals surface area contributed by atoms with Crippen LogP contribution >= 0.6 is 0 Å². The summed E-state index contributed by atoms with van der Waals surface area (Å²) in [5, 5.41) is 13.8. The molecular formula is C16H15N3O5. The van der Waals surface area contributed by atoms with Gasteiger partial charge >= 0.3 is 0 Å². The Morgan fingerprint density at radius 3 is 2.75 bits per heavy atom. The average Bonchev–Trinajstić information content (AvgIpc) is 2.80. The van der Waals surface area contributed by atoms with Crippen LogP contribution in [-0.4, -0.2) is 46.3 Å². The number of allylic oxidation sites excluding steroid dienone is 1. The number of piperidine rings is 1. The summed E-state index contributed by atoms with van der Waals surface area (Å²) in [5.41, 5.74) is 0.825. The fourth-order valence-corrected chi connectivity index (χ4v) is 2.89. The van der Waals surface area contributed by atoms with Gasteiger partial charge in [-0.05, 0) is 25.0 Å². The van der Waals surface area contributed by atoms with Gasteiger partial charge in [0.05, 0.1) is 16.8 Å². The highest BCUT2D eigenvalue weighted by atomic mass is 16.3. The normalized spacial score (nSPS) is 20.0. The Labute approximate surface area is 137 Å². The fraction of sp³-hybridized carbons (Fsp3) is 0.250. The molecule has 2 heterocycles. The summed E-state index contributed by atoms with van der Waals surface area (Å²) < 4.78 is 0. The van der Waals surface area contributed by atoms with Gasteiger partial charge in [-0.3, -0.25) is 24.1 Å². The predicted octanol–water partition coefficient (Wildman–Crippen LogP) is 0.00570. The first-order chi connectivity index (χ1) is 11.4. The van der Waals surface area contributed by atoms with Crippen LogP contribution in [0.25, 0.3) is 0 Å². The molecular weight excluding hydrogens is 314 g/mol. The number of fused-ring (bicyclic) bond motifs is 1. The summed E-state index contributed by atoms with van der Waals surface area (Å²) in [5.74, 6) is -2.38. The summed E-state index contributed by atoms with van der Waals surface area (Å²) in [7, 11) is 0. The second-order valence-electron chi connectivity index (χ2n) is 5.56. The van der Waals surface area contributed by atoms with Crippen LogP contribution in [-0.2, 0) is 9.59 Å². The Hall–Kier alpha value is -3.00. The van der Waals surface area contributed by atoms with Crippen molar-refractivity contribution in [2.45, 2.75) is 18.9 Å². The van der Waals surface area contributed by atoms with E-state index in [9.17, 15) is 19.2 Å². The van der Waals surface area contributed by atoms with Gasteiger partial charge in [-0.15, -0.1) is 0 Å². The number of rotatable bonds is 3. The van der Waals surface area contributed by atoms with E-state index in [0.717, 1.165) is 4.90 Å². The highest BCUT2D eigenvalue weighted by Crippen LogP contribution is 2.32. The number of nitrogens with one attached hydrogen (secondary N) is 2. The molecule has 1 fully saturated rings. The minimum absolute atomic E-state index is 0.0292. The van der Waals surface area contributed by atoms with E-state index in [1.807, 2.05) is 0 Å². The predicted molar refractivity (Wildman–Crippen MR) is 83.0 cm³/mol. The number of aliphatic hydroxyl groups is 1. The van der Waals surface area contributed by atoms with Gasteiger partial charge < -0.3 is 15.7 Å².